The van der Waals surface area contributed by atoms with Crippen molar-refractivity contribution in [2.45, 2.75) is 6.92 Å². The zero-order valence-electron chi connectivity index (χ0n) is 6.15. The molecule has 0 radical (unpaired) electrons. The van der Waals surface area contributed by atoms with E-state index in [0.29, 0.717) is 11.8 Å². The molecule has 64 valence electrons. The van der Waals surface area contributed by atoms with E-state index in [9.17, 15) is 0 Å². The Morgan fingerprint density at radius 2 is 1.50 bits per heavy atom. The van der Waals surface area contributed by atoms with E-state index in [1.54, 1.807) is 0 Å². The summed E-state index contributed by atoms with van der Waals surface area (Å²) in [5, 5.41) is 0. The molecule has 0 N–H and O–H groups in total. The van der Waals surface area contributed by atoms with Crippen molar-refractivity contribution in [1.82, 2.24) is 4.90 Å². The van der Waals surface area contributed by atoms with Crippen LogP contribution in [0.1, 0.15) is 6.92 Å². The van der Waals surface area contributed by atoms with E-state index in [1.807, 2.05) is 0 Å². The first-order chi connectivity index (χ1) is 4.35. The van der Waals surface area contributed by atoms with Crippen molar-refractivity contribution in [3.8, 4) is 0 Å². The van der Waals surface area contributed by atoms with Crippen LogP contribution in [-0.2, 0) is 0 Å². The molecule has 0 amide bonds. The van der Waals surface area contributed by atoms with Gasteiger partial charge in [0, 0.05) is 24.8 Å². The van der Waals surface area contributed by atoms with E-state index in [1.165, 1.54) is 0 Å². The quantitative estimate of drug-likeness (QED) is 0.624. The van der Waals surface area contributed by atoms with Crippen molar-refractivity contribution in [1.29, 1.82) is 0 Å². The summed E-state index contributed by atoms with van der Waals surface area (Å²) in [6, 6.07) is 0. The largest absolute Gasteiger partial charge is 0.301 e. The van der Waals surface area contributed by atoms with Crippen molar-refractivity contribution in [2.75, 3.05) is 31.4 Å². The van der Waals surface area contributed by atoms with Gasteiger partial charge in [-0.2, -0.15) is 0 Å². The Kier molecular flexibility index (Phi) is 13.2. The van der Waals surface area contributed by atoms with E-state index >= 15 is 0 Å². The fourth-order valence-corrected chi connectivity index (χ4v) is 1.15. The van der Waals surface area contributed by atoms with Crippen LogP contribution in [0.4, 0.5) is 0 Å². The van der Waals surface area contributed by atoms with Crippen molar-refractivity contribution >= 4 is 35.6 Å². The molecule has 4 heteroatoms. The Balaban J connectivity index is 0. The highest BCUT2D eigenvalue weighted by molar-refractivity contribution is 6.18. The molecule has 0 spiro atoms. The molecular weight excluding hydrogens is 192 g/mol. The molecule has 0 bridgehead atoms. The highest BCUT2D eigenvalue weighted by Crippen LogP contribution is 1.89. The number of rotatable bonds is 5. The summed E-state index contributed by atoms with van der Waals surface area (Å²) in [6.07, 6.45) is 0. The number of alkyl halides is 2. The summed E-state index contributed by atoms with van der Waals surface area (Å²) in [4.78, 5) is 2.22. The smallest absolute Gasteiger partial charge is 0.0351 e. The maximum atomic E-state index is 5.53. The first-order valence-corrected chi connectivity index (χ1v) is 4.26. The van der Waals surface area contributed by atoms with Crippen LogP contribution in [0.5, 0.6) is 0 Å². The molecule has 0 aliphatic carbocycles. The van der Waals surface area contributed by atoms with Gasteiger partial charge >= 0.3 is 0 Å². The van der Waals surface area contributed by atoms with Crippen LogP contribution >= 0.6 is 35.6 Å². The molecule has 0 fully saturated rings. The second-order valence-corrected chi connectivity index (χ2v) is 2.57. The predicted molar refractivity (Wildman–Crippen MR) is 50.8 cm³/mol. The molecule has 0 aliphatic rings. The van der Waals surface area contributed by atoms with Gasteiger partial charge in [0.1, 0.15) is 0 Å². The maximum absolute atomic E-state index is 5.53. The third-order valence-corrected chi connectivity index (χ3v) is 1.59. The van der Waals surface area contributed by atoms with Gasteiger partial charge < -0.3 is 4.90 Å². The Morgan fingerprint density at radius 3 is 1.70 bits per heavy atom. The van der Waals surface area contributed by atoms with Gasteiger partial charge in [0.05, 0.1) is 0 Å². The van der Waals surface area contributed by atoms with Crippen LogP contribution in [-0.4, -0.2) is 36.3 Å². The molecule has 1 nitrogen and oxygen atoms in total. The lowest BCUT2D eigenvalue weighted by atomic mass is 10.5. The first kappa shape index (κ1) is 13.4. The van der Waals surface area contributed by atoms with Crippen LogP contribution in [0.15, 0.2) is 0 Å². The minimum absolute atomic E-state index is 0. The SMILES string of the molecule is CCN(CCCl)CCCl.Cl. The number of nitrogens with zero attached hydrogens (tertiary/aromatic N) is 1. The van der Waals surface area contributed by atoms with Gasteiger partial charge in [-0.15, -0.1) is 35.6 Å². The van der Waals surface area contributed by atoms with E-state index in [2.05, 4.69) is 11.8 Å². The first-order valence-electron chi connectivity index (χ1n) is 3.19. The van der Waals surface area contributed by atoms with Crippen molar-refractivity contribution in [3.05, 3.63) is 0 Å². The Labute approximate surface area is 79.1 Å². The van der Waals surface area contributed by atoms with Gasteiger partial charge in [0.2, 0.25) is 0 Å². The van der Waals surface area contributed by atoms with Gasteiger partial charge in [0.25, 0.3) is 0 Å². The maximum Gasteiger partial charge on any atom is 0.0351 e. The molecule has 0 saturated heterocycles. The van der Waals surface area contributed by atoms with Crippen LogP contribution in [0.3, 0.4) is 0 Å². The zero-order valence-corrected chi connectivity index (χ0v) is 8.48. The van der Waals surface area contributed by atoms with Crippen molar-refractivity contribution in [2.24, 2.45) is 0 Å². The normalized spacial score (nSPS) is 9.60. The van der Waals surface area contributed by atoms with Gasteiger partial charge in [-0.05, 0) is 6.54 Å². The molecule has 0 aromatic carbocycles. The van der Waals surface area contributed by atoms with Gasteiger partial charge in [-0.3, -0.25) is 0 Å². The fraction of sp³-hybridized carbons (Fsp3) is 1.00. The topological polar surface area (TPSA) is 3.24 Å². The van der Waals surface area contributed by atoms with E-state index in [-0.39, 0.29) is 12.4 Å². The Hall–Kier alpha value is 0.830. The highest BCUT2D eigenvalue weighted by atomic mass is 35.5. The van der Waals surface area contributed by atoms with Crippen LogP contribution in [0.2, 0.25) is 0 Å². The average Bonchev–Trinajstić information content (AvgIpc) is 1.88. The summed E-state index contributed by atoms with van der Waals surface area (Å²) >= 11 is 11.1. The molecule has 0 aliphatic heterocycles. The molecule has 0 aromatic rings. The van der Waals surface area contributed by atoms with Crippen molar-refractivity contribution in [3.63, 3.8) is 0 Å². The number of hydrogen-bond donors (Lipinski definition) is 0. The third-order valence-electron chi connectivity index (χ3n) is 1.25. The van der Waals surface area contributed by atoms with Crippen LogP contribution in [0.25, 0.3) is 0 Å². The minimum Gasteiger partial charge on any atom is -0.301 e. The van der Waals surface area contributed by atoms with Gasteiger partial charge in [0.15, 0.2) is 0 Å². The average molecular weight is 207 g/mol. The van der Waals surface area contributed by atoms with Gasteiger partial charge in [-0.1, -0.05) is 6.92 Å². The summed E-state index contributed by atoms with van der Waals surface area (Å²) in [5.74, 6) is 1.40. The molecule has 0 saturated carbocycles. The van der Waals surface area contributed by atoms with E-state index in [0.717, 1.165) is 19.6 Å². The third kappa shape index (κ3) is 6.94. The molecule has 0 atom stereocenters. The molecular formula is C6H14Cl3N. The van der Waals surface area contributed by atoms with Gasteiger partial charge in [-0.25, -0.2) is 0 Å². The summed E-state index contributed by atoms with van der Waals surface area (Å²) in [7, 11) is 0. The number of halogens is 3. The lowest BCUT2D eigenvalue weighted by Crippen LogP contribution is -2.27. The second-order valence-electron chi connectivity index (χ2n) is 1.81. The van der Waals surface area contributed by atoms with Crippen molar-refractivity contribution < 1.29 is 0 Å². The standard InChI is InChI=1S/C6H13Cl2N.ClH/c1-2-9(5-3-7)6-4-8;/h2-6H2,1H3;1H. The number of hydrogen-bond acceptors (Lipinski definition) is 1. The predicted octanol–water partition coefficient (Wildman–Crippen LogP) is 2.21. The monoisotopic (exact) mass is 205 g/mol. The lowest BCUT2D eigenvalue weighted by Gasteiger charge is -2.16. The minimum atomic E-state index is 0. The molecule has 0 rings (SSSR count). The second kappa shape index (κ2) is 9.83. The van der Waals surface area contributed by atoms with Crippen LogP contribution in [0, 0.1) is 0 Å². The molecule has 10 heavy (non-hydrogen) atoms. The van der Waals surface area contributed by atoms with E-state index in [4.69, 9.17) is 23.2 Å². The molecule has 0 aromatic heterocycles. The summed E-state index contributed by atoms with van der Waals surface area (Å²) in [6.45, 7) is 5.05. The van der Waals surface area contributed by atoms with Crippen LogP contribution < -0.4 is 0 Å². The zero-order chi connectivity index (χ0) is 7.11. The Morgan fingerprint density at radius 1 is 1.10 bits per heavy atom. The highest BCUT2D eigenvalue weighted by Gasteiger charge is 1.97. The molecule has 0 unspecified atom stereocenters. The summed E-state index contributed by atoms with van der Waals surface area (Å²) < 4.78 is 0. The Bertz CT molecular complexity index is 55.0. The van der Waals surface area contributed by atoms with E-state index < -0.39 is 0 Å². The fourth-order valence-electron chi connectivity index (χ4n) is 0.667. The summed E-state index contributed by atoms with van der Waals surface area (Å²) in [5.41, 5.74) is 0. The lowest BCUT2D eigenvalue weighted by molar-refractivity contribution is 0.325. The molecule has 0 heterocycles.